The molecule has 0 spiro atoms. The zero-order valence-corrected chi connectivity index (χ0v) is 7.53. The van der Waals surface area contributed by atoms with Gasteiger partial charge in [0.05, 0.1) is 12.3 Å². The molecule has 1 rings (SSSR count). The van der Waals surface area contributed by atoms with E-state index in [1.54, 1.807) is 6.92 Å². The standard InChI is InChI=1S/C8H10N4O/c1-3-13-7-6(4-9)5(2)11-8(10)12-7/h3H2,1-2H3,(H2,10,11,12). The van der Waals surface area contributed by atoms with Gasteiger partial charge >= 0.3 is 0 Å². The van der Waals surface area contributed by atoms with Crippen LogP contribution in [0.1, 0.15) is 18.2 Å². The van der Waals surface area contributed by atoms with Crippen molar-refractivity contribution < 1.29 is 4.74 Å². The third-order valence-corrected chi connectivity index (χ3v) is 1.47. The lowest BCUT2D eigenvalue weighted by atomic mass is 10.2. The summed E-state index contributed by atoms with van der Waals surface area (Å²) in [7, 11) is 0. The molecule has 1 aromatic rings. The molecule has 13 heavy (non-hydrogen) atoms. The average Bonchev–Trinajstić information content (AvgIpc) is 2.04. The minimum Gasteiger partial charge on any atom is -0.477 e. The zero-order chi connectivity index (χ0) is 9.84. The van der Waals surface area contributed by atoms with E-state index in [-0.39, 0.29) is 11.8 Å². The van der Waals surface area contributed by atoms with Crippen molar-refractivity contribution in [3.05, 3.63) is 11.3 Å². The Bertz CT molecular complexity index is 356. The van der Waals surface area contributed by atoms with Crippen LogP contribution in [0.5, 0.6) is 5.88 Å². The van der Waals surface area contributed by atoms with E-state index in [0.29, 0.717) is 17.9 Å². The highest BCUT2D eigenvalue weighted by Crippen LogP contribution is 2.17. The lowest BCUT2D eigenvalue weighted by Gasteiger charge is -2.05. The SMILES string of the molecule is CCOc1nc(N)nc(C)c1C#N. The van der Waals surface area contributed by atoms with Gasteiger partial charge in [0.2, 0.25) is 11.8 Å². The van der Waals surface area contributed by atoms with Crippen molar-refractivity contribution in [2.45, 2.75) is 13.8 Å². The second kappa shape index (κ2) is 3.72. The van der Waals surface area contributed by atoms with E-state index in [9.17, 15) is 0 Å². The molecule has 0 saturated heterocycles. The molecule has 1 heterocycles. The van der Waals surface area contributed by atoms with E-state index >= 15 is 0 Å². The van der Waals surface area contributed by atoms with Gasteiger partial charge in [-0.1, -0.05) is 0 Å². The van der Waals surface area contributed by atoms with Crippen LogP contribution < -0.4 is 10.5 Å². The monoisotopic (exact) mass is 178 g/mol. The number of aromatic nitrogens is 2. The molecule has 0 atom stereocenters. The Morgan fingerprint density at radius 1 is 1.54 bits per heavy atom. The number of anilines is 1. The molecule has 5 heteroatoms. The summed E-state index contributed by atoms with van der Waals surface area (Å²) in [5.74, 6) is 0.384. The van der Waals surface area contributed by atoms with E-state index in [0.717, 1.165) is 0 Å². The molecule has 68 valence electrons. The summed E-state index contributed by atoms with van der Waals surface area (Å²) in [4.78, 5) is 7.67. The molecule has 0 fully saturated rings. The Kier molecular flexibility index (Phi) is 2.65. The van der Waals surface area contributed by atoms with Crippen LogP contribution in [0.4, 0.5) is 5.95 Å². The normalized spacial score (nSPS) is 9.31. The van der Waals surface area contributed by atoms with Gasteiger partial charge in [-0.15, -0.1) is 0 Å². The third-order valence-electron chi connectivity index (χ3n) is 1.47. The minimum atomic E-state index is 0.125. The maximum absolute atomic E-state index is 8.77. The first-order valence-electron chi connectivity index (χ1n) is 3.86. The lowest BCUT2D eigenvalue weighted by Crippen LogP contribution is -2.05. The van der Waals surface area contributed by atoms with Crippen molar-refractivity contribution >= 4 is 5.95 Å². The van der Waals surface area contributed by atoms with E-state index in [4.69, 9.17) is 15.7 Å². The van der Waals surface area contributed by atoms with Crippen LogP contribution in [0.25, 0.3) is 0 Å². The Morgan fingerprint density at radius 2 is 2.23 bits per heavy atom. The van der Waals surface area contributed by atoms with Gasteiger partial charge in [-0.25, -0.2) is 4.98 Å². The van der Waals surface area contributed by atoms with Gasteiger partial charge in [-0.05, 0) is 13.8 Å². The second-order valence-electron chi connectivity index (χ2n) is 2.39. The predicted octanol–water partition coefficient (Wildman–Crippen LogP) is 0.638. The van der Waals surface area contributed by atoms with E-state index in [1.807, 2.05) is 13.0 Å². The van der Waals surface area contributed by atoms with Gasteiger partial charge in [-0.3, -0.25) is 0 Å². The van der Waals surface area contributed by atoms with Crippen LogP contribution in [-0.2, 0) is 0 Å². The Labute approximate surface area is 76.2 Å². The maximum Gasteiger partial charge on any atom is 0.236 e. The molecular formula is C8H10N4O. The molecule has 0 radical (unpaired) electrons. The number of nitrogen functional groups attached to an aromatic ring is 1. The number of rotatable bonds is 2. The quantitative estimate of drug-likeness (QED) is 0.718. The van der Waals surface area contributed by atoms with Gasteiger partial charge in [-0.2, -0.15) is 10.2 Å². The smallest absolute Gasteiger partial charge is 0.236 e. The fourth-order valence-electron chi connectivity index (χ4n) is 0.937. The van der Waals surface area contributed by atoms with Crippen molar-refractivity contribution in [2.24, 2.45) is 0 Å². The largest absolute Gasteiger partial charge is 0.477 e. The van der Waals surface area contributed by atoms with Gasteiger partial charge in [0, 0.05) is 0 Å². The van der Waals surface area contributed by atoms with Crippen molar-refractivity contribution in [3.8, 4) is 11.9 Å². The number of ether oxygens (including phenoxy) is 1. The number of nitrogens with zero attached hydrogens (tertiary/aromatic N) is 3. The summed E-state index contributed by atoms with van der Waals surface area (Å²) in [5, 5.41) is 8.77. The molecule has 1 aromatic heterocycles. The Morgan fingerprint density at radius 3 is 2.77 bits per heavy atom. The first kappa shape index (κ1) is 9.26. The van der Waals surface area contributed by atoms with E-state index < -0.39 is 0 Å². The molecule has 0 aliphatic carbocycles. The molecule has 0 aliphatic heterocycles. The molecule has 0 aliphatic rings. The van der Waals surface area contributed by atoms with Gasteiger partial charge in [0.15, 0.2) is 0 Å². The van der Waals surface area contributed by atoms with Gasteiger partial charge < -0.3 is 10.5 Å². The van der Waals surface area contributed by atoms with Crippen LogP contribution >= 0.6 is 0 Å². The minimum absolute atomic E-state index is 0.125. The average molecular weight is 178 g/mol. The highest BCUT2D eigenvalue weighted by molar-refractivity contribution is 5.44. The Balaban J connectivity index is 3.23. The fourth-order valence-corrected chi connectivity index (χ4v) is 0.937. The number of aryl methyl sites for hydroxylation is 1. The molecule has 0 saturated carbocycles. The van der Waals surface area contributed by atoms with Crippen LogP contribution in [0, 0.1) is 18.3 Å². The predicted molar refractivity (Wildman–Crippen MR) is 47.1 cm³/mol. The summed E-state index contributed by atoms with van der Waals surface area (Å²) < 4.78 is 5.14. The highest BCUT2D eigenvalue weighted by atomic mass is 16.5. The zero-order valence-electron chi connectivity index (χ0n) is 7.53. The second-order valence-corrected chi connectivity index (χ2v) is 2.39. The van der Waals surface area contributed by atoms with Crippen LogP contribution in [0.2, 0.25) is 0 Å². The maximum atomic E-state index is 8.77. The summed E-state index contributed by atoms with van der Waals surface area (Å²) >= 11 is 0. The fraction of sp³-hybridized carbons (Fsp3) is 0.375. The van der Waals surface area contributed by atoms with Crippen molar-refractivity contribution in [1.29, 1.82) is 5.26 Å². The highest BCUT2D eigenvalue weighted by Gasteiger charge is 2.10. The summed E-state index contributed by atoms with van der Waals surface area (Å²) in [6.07, 6.45) is 0. The van der Waals surface area contributed by atoms with E-state index in [1.165, 1.54) is 0 Å². The van der Waals surface area contributed by atoms with Crippen molar-refractivity contribution in [2.75, 3.05) is 12.3 Å². The lowest BCUT2D eigenvalue weighted by molar-refractivity contribution is 0.325. The van der Waals surface area contributed by atoms with Crippen LogP contribution in [0.3, 0.4) is 0 Å². The molecule has 0 amide bonds. The number of nitrogens with two attached hydrogens (primary N) is 1. The van der Waals surface area contributed by atoms with E-state index in [2.05, 4.69) is 9.97 Å². The summed E-state index contributed by atoms with van der Waals surface area (Å²) in [6, 6.07) is 1.97. The number of hydrogen-bond acceptors (Lipinski definition) is 5. The van der Waals surface area contributed by atoms with Gasteiger partial charge in [0.25, 0.3) is 0 Å². The molecule has 0 unspecified atom stereocenters. The molecule has 5 nitrogen and oxygen atoms in total. The Hall–Kier alpha value is -1.83. The van der Waals surface area contributed by atoms with Gasteiger partial charge in [0.1, 0.15) is 11.6 Å². The molecular weight excluding hydrogens is 168 g/mol. The molecule has 2 N–H and O–H groups in total. The topological polar surface area (TPSA) is 84.8 Å². The summed E-state index contributed by atoms with van der Waals surface area (Å²) in [6.45, 7) is 3.96. The van der Waals surface area contributed by atoms with Crippen molar-refractivity contribution in [3.63, 3.8) is 0 Å². The number of nitriles is 1. The molecule has 0 bridgehead atoms. The first-order chi connectivity index (χ1) is 6.19. The van der Waals surface area contributed by atoms with Crippen LogP contribution in [-0.4, -0.2) is 16.6 Å². The first-order valence-corrected chi connectivity index (χ1v) is 3.86. The summed E-state index contributed by atoms with van der Waals surface area (Å²) in [5.41, 5.74) is 6.29. The van der Waals surface area contributed by atoms with Crippen LogP contribution in [0.15, 0.2) is 0 Å². The third kappa shape index (κ3) is 1.85. The van der Waals surface area contributed by atoms with Crippen molar-refractivity contribution in [1.82, 2.24) is 9.97 Å². The molecule has 0 aromatic carbocycles. The number of hydrogen-bond donors (Lipinski definition) is 1.